The Hall–Kier alpha value is -2.29. The van der Waals surface area contributed by atoms with Gasteiger partial charge in [0.1, 0.15) is 0 Å². The van der Waals surface area contributed by atoms with E-state index in [0.717, 1.165) is 11.1 Å². The van der Waals surface area contributed by atoms with E-state index < -0.39 is 0 Å². The number of carbonyl (C=O) groups excluding carboxylic acids is 1. The Kier molecular flexibility index (Phi) is 3.56. The third-order valence-electron chi connectivity index (χ3n) is 3.29. The molecule has 3 heteroatoms. The van der Waals surface area contributed by atoms with Crippen LogP contribution in [0.15, 0.2) is 30.3 Å². The predicted molar refractivity (Wildman–Crippen MR) is 75.0 cm³/mol. The average molecular weight is 256 g/mol. The summed E-state index contributed by atoms with van der Waals surface area (Å²) in [6, 6.07) is 9.46. The van der Waals surface area contributed by atoms with Crippen molar-refractivity contribution in [1.82, 2.24) is 0 Å². The van der Waals surface area contributed by atoms with Crippen LogP contribution in [0.4, 0.5) is 0 Å². The standard InChI is InChI=1S/C16H16O3/c1-10-4-5-12(6-11(10)2)13-7-14(9-17)16(18)15(8-13)19-3/h4-9,18H,1-3H3. The van der Waals surface area contributed by atoms with Gasteiger partial charge >= 0.3 is 0 Å². The molecule has 0 amide bonds. The van der Waals surface area contributed by atoms with Crippen molar-refractivity contribution in [3.63, 3.8) is 0 Å². The van der Waals surface area contributed by atoms with Crippen LogP contribution in [0.2, 0.25) is 0 Å². The molecule has 2 aromatic rings. The van der Waals surface area contributed by atoms with Crippen LogP contribution in [-0.2, 0) is 0 Å². The maximum atomic E-state index is 11.0. The molecule has 0 aromatic heterocycles. The molecule has 0 spiro atoms. The third kappa shape index (κ3) is 2.45. The Balaban J connectivity index is 2.61. The quantitative estimate of drug-likeness (QED) is 0.855. The van der Waals surface area contributed by atoms with Gasteiger partial charge < -0.3 is 9.84 Å². The highest BCUT2D eigenvalue weighted by atomic mass is 16.5. The number of hydrogen-bond donors (Lipinski definition) is 1. The molecule has 0 radical (unpaired) electrons. The summed E-state index contributed by atoms with van der Waals surface area (Å²) in [4.78, 5) is 11.0. The molecule has 0 bridgehead atoms. The summed E-state index contributed by atoms with van der Waals surface area (Å²) in [6.45, 7) is 4.09. The van der Waals surface area contributed by atoms with Gasteiger partial charge in [-0.15, -0.1) is 0 Å². The first-order chi connectivity index (χ1) is 9.06. The molecule has 2 rings (SSSR count). The minimum atomic E-state index is -0.120. The first kappa shape index (κ1) is 13.1. The monoisotopic (exact) mass is 256 g/mol. The molecule has 0 aliphatic heterocycles. The van der Waals surface area contributed by atoms with Gasteiger partial charge in [-0.3, -0.25) is 4.79 Å². The van der Waals surface area contributed by atoms with Crippen LogP contribution in [0, 0.1) is 13.8 Å². The summed E-state index contributed by atoms with van der Waals surface area (Å²) in [6.07, 6.45) is 0.627. The van der Waals surface area contributed by atoms with Crippen molar-refractivity contribution in [2.75, 3.05) is 7.11 Å². The van der Waals surface area contributed by atoms with Crippen LogP contribution in [0.5, 0.6) is 11.5 Å². The van der Waals surface area contributed by atoms with Crippen LogP contribution >= 0.6 is 0 Å². The minimum absolute atomic E-state index is 0.120. The van der Waals surface area contributed by atoms with Crippen LogP contribution in [0.3, 0.4) is 0 Å². The zero-order chi connectivity index (χ0) is 14.0. The second-order valence-electron chi connectivity index (χ2n) is 4.53. The number of hydrogen-bond acceptors (Lipinski definition) is 3. The van der Waals surface area contributed by atoms with Gasteiger partial charge in [0.15, 0.2) is 17.8 Å². The highest BCUT2D eigenvalue weighted by molar-refractivity contribution is 5.85. The first-order valence-electron chi connectivity index (χ1n) is 6.00. The van der Waals surface area contributed by atoms with Gasteiger partial charge in [0.25, 0.3) is 0 Å². The van der Waals surface area contributed by atoms with Gasteiger partial charge in [-0.25, -0.2) is 0 Å². The lowest BCUT2D eigenvalue weighted by atomic mass is 9.98. The van der Waals surface area contributed by atoms with Crippen molar-refractivity contribution in [3.05, 3.63) is 47.0 Å². The fourth-order valence-electron chi connectivity index (χ4n) is 1.96. The van der Waals surface area contributed by atoms with Crippen LogP contribution in [0.25, 0.3) is 11.1 Å². The van der Waals surface area contributed by atoms with Crippen molar-refractivity contribution >= 4 is 6.29 Å². The highest BCUT2D eigenvalue weighted by Gasteiger charge is 2.11. The molecule has 0 atom stereocenters. The topological polar surface area (TPSA) is 46.5 Å². The normalized spacial score (nSPS) is 10.3. The van der Waals surface area contributed by atoms with Gasteiger partial charge in [-0.05, 0) is 48.2 Å². The Morgan fingerprint density at radius 2 is 1.79 bits per heavy atom. The lowest BCUT2D eigenvalue weighted by Gasteiger charge is -2.10. The summed E-state index contributed by atoms with van der Waals surface area (Å²) >= 11 is 0. The lowest BCUT2D eigenvalue weighted by Crippen LogP contribution is -1.91. The molecule has 98 valence electrons. The van der Waals surface area contributed by atoms with E-state index in [1.54, 1.807) is 12.1 Å². The van der Waals surface area contributed by atoms with Crippen molar-refractivity contribution in [2.45, 2.75) is 13.8 Å². The molecule has 0 saturated carbocycles. The zero-order valence-corrected chi connectivity index (χ0v) is 11.2. The largest absolute Gasteiger partial charge is 0.504 e. The second-order valence-corrected chi connectivity index (χ2v) is 4.53. The maximum absolute atomic E-state index is 11.0. The van der Waals surface area contributed by atoms with E-state index in [9.17, 15) is 9.90 Å². The van der Waals surface area contributed by atoms with Crippen LogP contribution in [0.1, 0.15) is 21.5 Å². The van der Waals surface area contributed by atoms with Gasteiger partial charge in [0.2, 0.25) is 0 Å². The van der Waals surface area contributed by atoms with Crippen molar-refractivity contribution < 1.29 is 14.6 Å². The molecule has 0 heterocycles. The number of carbonyl (C=O) groups is 1. The number of aldehydes is 1. The maximum Gasteiger partial charge on any atom is 0.168 e. The Labute approximate surface area is 112 Å². The number of benzene rings is 2. The number of aromatic hydroxyl groups is 1. The number of ether oxygens (including phenoxy) is 1. The molecule has 0 fully saturated rings. The number of aryl methyl sites for hydroxylation is 2. The number of rotatable bonds is 3. The SMILES string of the molecule is COc1cc(-c2ccc(C)c(C)c2)cc(C=O)c1O. The predicted octanol–water partition coefficient (Wildman–Crippen LogP) is 3.50. The molecular weight excluding hydrogens is 240 g/mol. The Morgan fingerprint density at radius 3 is 2.37 bits per heavy atom. The van der Waals surface area contributed by atoms with Crippen LogP contribution < -0.4 is 4.74 Å². The summed E-state index contributed by atoms with van der Waals surface area (Å²) in [7, 11) is 1.47. The fraction of sp³-hybridized carbons (Fsp3) is 0.188. The average Bonchev–Trinajstić information content (AvgIpc) is 2.42. The molecule has 19 heavy (non-hydrogen) atoms. The van der Waals surface area contributed by atoms with E-state index in [1.807, 2.05) is 26.0 Å². The molecule has 0 aliphatic carbocycles. The summed E-state index contributed by atoms with van der Waals surface area (Å²) in [5, 5.41) is 9.80. The molecule has 0 aliphatic rings. The molecule has 0 unspecified atom stereocenters. The molecular formula is C16H16O3. The van der Waals surface area contributed by atoms with E-state index >= 15 is 0 Å². The minimum Gasteiger partial charge on any atom is -0.504 e. The Morgan fingerprint density at radius 1 is 1.05 bits per heavy atom. The third-order valence-corrected chi connectivity index (χ3v) is 3.29. The van der Waals surface area contributed by atoms with Gasteiger partial charge in [-0.2, -0.15) is 0 Å². The molecule has 3 nitrogen and oxygen atoms in total. The van der Waals surface area contributed by atoms with E-state index in [-0.39, 0.29) is 11.3 Å². The van der Waals surface area contributed by atoms with E-state index in [4.69, 9.17) is 4.74 Å². The number of phenolic OH excluding ortho intramolecular Hbond substituents is 1. The Bertz CT molecular complexity index is 630. The van der Waals surface area contributed by atoms with Gasteiger partial charge in [-0.1, -0.05) is 18.2 Å². The van der Waals surface area contributed by atoms with Crippen molar-refractivity contribution in [1.29, 1.82) is 0 Å². The van der Waals surface area contributed by atoms with E-state index in [1.165, 1.54) is 18.2 Å². The number of methoxy groups -OCH3 is 1. The summed E-state index contributed by atoms with van der Waals surface area (Å²) in [5.74, 6) is 0.183. The smallest absolute Gasteiger partial charge is 0.168 e. The fourth-order valence-corrected chi connectivity index (χ4v) is 1.96. The molecule has 0 saturated heterocycles. The zero-order valence-electron chi connectivity index (χ0n) is 11.2. The summed E-state index contributed by atoms with van der Waals surface area (Å²) in [5.41, 5.74) is 4.46. The second kappa shape index (κ2) is 5.14. The van der Waals surface area contributed by atoms with E-state index in [0.29, 0.717) is 12.0 Å². The summed E-state index contributed by atoms with van der Waals surface area (Å²) < 4.78 is 5.09. The van der Waals surface area contributed by atoms with Crippen LogP contribution in [-0.4, -0.2) is 18.5 Å². The molecule has 1 N–H and O–H groups in total. The van der Waals surface area contributed by atoms with Gasteiger partial charge in [0, 0.05) is 0 Å². The van der Waals surface area contributed by atoms with Gasteiger partial charge in [0.05, 0.1) is 12.7 Å². The number of phenols is 1. The molecule has 2 aromatic carbocycles. The van der Waals surface area contributed by atoms with Crippen molar-refractivity contribution in [2.24, 2.45) is 0 Å². The van der Waals surface area contributed by atoms with Crippen molar-refractivity contribution in [3.8, 4) is 22.6 Å². The lowest BCUT2D eigenvalue weighted by molar-refractivity contribution is 0.112. The first-order valence-corrected chi connectivity index (χ1v) is 6.00. The van der Waals surface area contributed by atoms with E-state index in [2.05, 4.69) is 6.07 Å². The highest BCUT2D eigenvalue weighted by Crippen LogP contribution is 2.35.